The van der Waals surface area contributed by atoms with Crippen LogP contribution in [0.3, 0.4) is 0 Å². The first kappa shape index (κ1) is 12.6. The summed E-state index contributed by atoms with van der Waals surface area (Å²) in [5.74, 6) is 0.625. The number of rotatable bonds is 3. The molecule has 1 nitrogen and oxygen atoms in total. The third-order valence-corrected chi connectivity index (χ3v) is 4.15. The Bertz CT molecular complexity index is 366. The fourth-order valence-corrected chi connectivity index (χ4v) is 3.04. The fourth-order valence-electron chi connectivity index (χ4n) is 3.04. The van der Waals surface area contributed by atoms with Crippen molar-refractivity contribution >= 4 is 0 Å². The lowest BCUT2D eigenvalue weighted by Crippen LogP contribution is -2.21. The van der Waals surface area contributed by atoms with Gasteiger partial charge in [0.25, 0.3) is 0 Å². The van der Waals surface area contributed by atoms with Gasteiger partial charge in [0.05, 0.1) is 0 Å². The maximum atomic E-state index is 6.03. The van der Waals surface area contributed by atoms with E-state index in [4.69, 9.17) is 5.73 Å². The molecule has 1 aliphatic carbocycles. The van der Waals surface area contributed by atoms with Crippen molar-refractivity contribution in [3.8, 4) is 0 Å². The third-order valence-electron chi connectivity index (χ3n) is 4.15. The quantitative estimate of drug-likeness (QED) is 0.839. The Balaban J connectivity index is 2.04. The lowest BCUT2D eigenvalue weighted by molar-refractivity contribution is 0.329. The second kappa shape index (κ2) is 4.81. The van der Waals surface area contributed by atoms with Gasteiger partial charge in [-0.25, -0.2) is 0 Å². The molecule has 0 aromatic heterocycles. The molecule has 17 heavy (non-hydrogen) atoms. The van der Waals surface area contributed by atoms with Crippen LogP contribution in [0.4, 0.5) is 0 Å². The van der Waals surface area contributed by atoms with Gasteiger partial charge in [0.1, 0.15) is 0 Å². The van der Waals surface area contributed by atoms with E-state index >= 15 is 0 Å². The Morgan fingerprint density at radius 3 is 2.41 bits per heavy atom. The van der Waals surface area contributed by atoms with Gasteiger partial charge in [-0.2, -0.15) is 0 Å². The number of hydrogen-bond donors (Lipinski definition) is 1. The molecule has 0 amide bonds. The smallest absolute Gasteiger partial charge is 0.00443 e. The molecule has 1 fully saturated rings. The fraction of sp³-hybridized carbons (Fsp3) is 0.625. The van der Waals surface area contributed by atoms with Crippen LogP contribution in [-0.4, -0.2) is 6.04 Å². The van der Waals surface area contributed by atoms with Gasteiger partial charge in [-0.1, -0.05) is 45.0 Å². The van der Waals surface area contributed by atoms with E-state index in [9.17, 15) is 0 Å². The van der Waals surface area contributed by atoms with Crippen LogP contribution in [0, 0.1) is 5.41 Å². The molecule has 1 aliphatic rings. The molecule has 1 saturated carbocycles. The first-order valence-corrected chi connectivity index (χ1v) is 6.83. The van der Waals surface area contributed by atoms with E-state index in [2.05, 4.69) is 45.0 Å². The van der Waals surface area contributed by atoms with Crippen molar-refractivity contribution in [1.82, 2.24) is 0 Å². The summed E-state index contributed by atoms with van der Waals surface area (Å²) in [7, 11) is 0. The average molecular weight is 231 g/mol. The first-order valence-electron chi connectivity index (χ1n) is 6.83. The molecule has 1 heteroatoms. The first-order chi connectivity index (χ1) is 7.98. The molecular weight excluding hydrogens is 206 g/mol. The lowest BCUT2D eigenvalue weighted by Gasteiger charge is -2.24. The summed E-state index contributed by atoms with van der Waals surface area (Å²) in [6.45, 7) is 6.87. The molecule has 1 aromatic rings. The number of nitrogens with two attached hydrogens (primary N) is 1. The van der Waals surface area contributed by atoms with Crippen molar-refractivity contribution in [2.24, 2.45) is 11.1 Å². The Kier molecular flexibility index (Phi) is 3.58. The van der Waals surface area contributed by atoms with Crippen LogP contribution in [0.25, 0.3) is 0 Å². The summed E-state index contributed by atoms with van der Waals surface area (Å²) >= 11 is 0. The lowest BCUT2D eigenvalue weighted by atomic mass is 9.81. The SMILES string of the molecule is CC(C)c1ccc(CC2(C)CCC(N)C2)cc1. The molecule has 0 saturated heterocycles. The second-order valence-corrected chi connectivity index (χ2v) is 6.39. The molecule has 2 N–H and O–H groups in total. The van der Waals surface area contributed by atoms with Gasteiger partial charge in [-0.3, -0.25) is 0 Å². The minimum absolute atomic E-state index is 0.426. The summed E-state index contributed by atoms with van der Waals surface area (Å²) in [4.78, 5) is 0. The van der Waals surface area contributed by atoms with E-state index < -0.39 is 0 Å². The molecule has 0 aliphatic heterocycles. The van der Waals surface area contributed by atoms with Gasteiger partial charge >= 0.3 is 0 Å². The van der Waals surface area contributed by atoms with Gasteiger partial charge in [0, 0.05) is 6.04 Å². The van der Waals surface area contributed by atoms with Crippen LogP contribution >= 0.6 is 0 Å². The van der Waals surface area contributed by atoms with E-state index in [-0.39, 0.29) is 0 Å². The molecule has 94 valence electrons. The molecule has 2 atom stereocenters. The number of hydrogen-bond acceptors (Lipinski definition) is 1. The summed E-state index contributed by atoms with van der Waals surface area (Å²) in [6.07, 6.45) is 4.83. The van der Waals surface area contributed by atoms with Crippen molar-refractivity contribution in [2.45, 2.75) is 58.4 Å². The summed E-state index contributed by atoms with van der Waals surface area (Å²) in [6, 6.07) is 9.57. The highest BCUT2D eigenvalue weighted by atomic mass is 14.7. The van der Waals surface area contributed by atoms with Crippen molar-refractivity contribution in [3.05, 3.63) is 35.4 Å². The second-order valence-electron chi connectivity index (χ2n) is 6.39. The van der Waals surface area contributed by atoms with E-state index in [1.54, 1.807) is 0 Å². The Morgan fingerprint density at radius 2 is 1.94 bits per heavy atom. The largest absolute Gasteiger partial charge is 0.328 e. The predicted octanol–water partition coefficient (Wildman–Crippen LogP) is 3.87. The standard InChI is InChI=1S/C16H25N/c1-12(2)14-6-4-13(5-7-14)10-16(3)9-8-15(17)11-16/h4-7,12,15H,8-11,17H2,1-3H3. The topological polar surface area (TPSA) is 26.0 Å². The molecule has 0 bridgehead atoms. The molecular formula is C16H25N. The van der Waals surface area contributed by atoms with Gasteiger partial charge < -0.3 is 5.73 Å². The summed E-state index contributed by atoms with van der Waals surface area (Å²) in [5, 5.41) is 0. The van der Waals surface area contributed by atoms with E-state index in [1.165, 1.54) is 36.8 Å². The maximum Gasteiger partial charge on any atom is 0.00443 e. The minimum Gasteiger partial charge on any atom is -0.328 e. The average Bonchev–Trinajstić information content (AvgIpc) is 2.59. The van der Waals surface area contributed by atoms with Crippen LogP contribution in [0.2, 0.25) is 0 Å². The zero-order valence-corrected chi connectivity index (χ0v) is 11.4. The van der Waals surface area contributed by atoms with Crippen LogP contribution in [0.5, 0.6) is 0 Å². The zero-order valence-electron chi connectivity index (χ0n) is 11.4. The highest BCUT2D eigenvalue weighted by Gasteiger charge is 2.33. The van der Waals surface area contributed by atoms with Crippen molar-refractivity contribution in [3.63, 3.8) is 0 Å². The molecule has 0 heterocycles. The highest BCUT2D eigenvalue weighted by Crippen LogP contribution is 2.39. The van der Waals surface area contributed by atoms with Crippen LogP contribution < -0.4 is 5.73 Å². The van der Waals surface area contributed by atoms with Gasteiger partial charge in [0.2, 0.25) is 0 Å². The normalized spacial score (nSPS) is 28.9. The number of benzene rings is 1. The Labute approximate surface area is 105 Å². The third kappa shape index (κ3) is 3.10. The zero-order chi connectivity index (χ0) is 12.5. The molecule has 0 radical (unpaired) electrons. The van der Waals surface area contributed by atoms with Gasteiger partial charge in [-0.05, 0) is 48.1 Å². The molecule has 2 rings (SSSR count). The van der Waals surface area contributed by atoms with E-state index in [0.717, 1.165) is 0 Å². The van der Waals surface area contributed by atoms with Gasteiger partial charge in [0.15, 0.2) is 0 Å². The Hall–Kier alpha value is -0.820. The van der Waals surface area contributed by atoms with Crippen LogP contribution in [0.1, 0.15) is 57.1 Å². The minimum atomic E-state index is 0.426. The summed E-state index contributed by atoms with van der Waals surface area (Å²) in [5.41, 5.74) is 9.35. The predicted molar refractivity (Wildman–Crippen MR) is 74.2 cm³/mol. The monoisotopic (exact) mass is 231 g/mol. The van der Waals surface area contributed by atoms with Gasteiger partial charge in [-0.15, -0.1) is 0 Å². The van der Waals surface area contributed by atoms with Crippen molar-refractivity contribution < 1.29 is 0 Å². The maximum absolute atomic E-state index is 6.03. The Morgan fingerprint density at radius 1 is 1.29 bits per heavy atom. The molecule has 1 aromatic carbocycles. The highest BCUT2D eigenvalue weighted by molar-refractivity contribution is 5.25. The summed E-state index contributed by atoms with van der Waals surface area (Å²) < 4.78 is 0. The molecule has 0 spiro atoms. The van der Waals surface area contributed by atoms with Crippen molar-refractivity contribution in [2.75, 3.05) is 0 Å². The van der Waals surface area contributed by atoms with Crippen LogP contribution in [-0.2, 0) is 6.42 Å². The van der Waals surface area contributed by atoms with E-state index in [0.29, 0.717) is 17.4 Å². The van der Waals surface area contributed by atoms with Crippen molar-refractivity contribution in [1.29, 1.82) is 0 Å². The van der Waals surface area contributed by atoms with E-state index in [1.807, 2.05) is 0 Å². The molecule has 2 unspecified atom stereocenters. The van der Waals surface area contributed by atoms with Crippen LogP contribution in [0.15, 0.2) is 24.3 Å².